The average molecular weight is 1860 g/mol. The van der Waals surface area contributed by atoms with Crippen LogP contribution in [0.3, 0.4) is 0 Å². The molecule has 2 aliphatic rings. The average Bonchev–Trinajstić information content (AvgIpc) is 0.843. The molecule has 0 saturated carbocycles. The van der Waals surface area contributed by atoms with Crippen molar-refractivity contribution in [1.29, 1.82) is 0 Å². The van der Waals surface area contributed by atoms with Gasteiger partial charge in [0.05, 0.1) is 33.4 Å². The highest BCUT2D eigenvalue weighted by molar-refractivity contribution is 7.00. The highest BCUT2D eigenvalue weighted by atomic mass is 15.2. The summed E-state index contributed by atoms with van der Waals surface area (Å²) in [6, 6.07) is 127. The first-order valence-electron chi connectivity index (χ1n) is 56.6. The van der Waals surface area contributed by atoms with Gasteiger partial charge >= 0.3 is 0 Å². The number of anilines is 6. The van der Waals surface area contributed by atoms with E-state index in [4.69, 9.17) is 0 Å². The van der Waals surface area contributed by atoms with Crippen molar-refractivity contribution in [1.82, 2.24) is 9.13 Å². The van der Waals surface area contributed by atoms with Crippen LogP contribution in [-0.2, 0) is 44.7 Å². The molecule has 17 aromatic carbocycles. The molecule has 0 aliphatic carbocycles. The Kier molecular flexibility index (Phi) is 20.6. The number of nitrogens with zero attached hydrogens (tertiary/aromatic N) is 4. The van der Waals surface area contributed by atoms with E-state index in [1.807, 2.05) is 246 Å². The van der Waals surface area contributed by atoms with Gasteiger partial charge in [0.2, 0.25) is 0 Å². The van der Waals surface area contributed by atoms with E-state index in [1.54, 1.807) is 0 Å². The monoisotopic (exact) mass is 1860 g/mol. The zero-order chi connectivity index (χ0) is 110. The van der Waals surface area contributed by atoms with Gasteiger partial charge in [-0.05, 0) is 314 Å². The van der Waals surface area contributed by atoms with Crippen molar-refractivity contribution in [3.8, 4) is 100 Å². The maximum Gasteiger partial charge on any atom is 0.252 e. The Bertz CT molecular complexity index is 7860. The molecule has 0 amide bonds. The predicted molar refractivity (Wildman–Crippen MR) is 615 cm³/mol. The van der Waals surface area contributed by atoms with Crippen molar-refractivity contribution in [3.05, 3.63) is 403 Å². The molecule has 0 bridgehead atoms. The Balaban J connectivity index is 0.989. The molecule has 4 heterocycles. The second kappa shape index (κ2) is 36.2. The largest absolute Gasteiger partial charge is 0.310 e. The van der Waals surface area contributed by atoms with Gasteiger partial charge < -0.3 is 18.9 Å². The minimum atomic E-state index is -2.09. The zero-order valence-corrected chi connectivity index (χ0v) is 86.2. The van der Waals surface area contributed by atoms with Gasteiger partial charge in [0.1, 0.15) is 0 Å². The van der Waals surface area contributed by atoms with E-state index < -0.39 is 82.9 Å². The quantitative estimate of drug-likeness (QED) is 0.0750. The third-order valence-electron chi connectivity index (χ3n) is 26.8. The smallest absolute Gasteiger partial charge is 0.252 e. The molecular weight excluding hydrogens is 1710 g/mol. The summed E-state index contributed by atoms with van der Waals surface area (Å²) in [7, 11) is 0. The molecule has 0 spiro atoms. The molecule has 708 valence electrons. The van der Waals surface area contributed by atoms with Gasteiger partial charge in [-0.25, -0.2) is 0 Å². The third-order valence-corrected chi connectivity index (χ3v) is 26.8. The third kappa shape index (κ3) is 19.3. The Hall–Kier alpha value is -14.0. The van der Waals surface area contributed by atoms with Crippen LogP contribution < -0.4 is 26.2 Å². The van der Waals surface area contributed by atoms with E-state index in [1.165, 1.54) is 0 Å². The van der Waals surface area contributed by atoms with Crippen LogP contribution in [0.1, 0.15) is 201 Å². The molecule has 5 heteroatoms. The highest BCUT2D eigenvalue weighted by Gasteiger charge is 2.47. The maximum absolute atomic E-state index is 10.8. The number of aromatic nitrogens is 2. The molecule has 4 nitrogen and oxygen atoms in total. The topological polar surface area (TPSA) is 16.3 Å². The molecule has 21 rings (SSSR count). The zero-order valence-electron chi connectivity index (χ0n) is 98.2. The minimum Gasteiger partial charge on any atom is -0.310 e. The van der Waals surface area contributed by atoms with E-state index in [0.29, 0.717) is 95.7 Å². The fourth-order valence-corrected chi connectivity index (χ4v) is 21.8. The van der Waals surface area contributed by atoms with E-state index in [9.17, 15) is 16.4 Å². The van der Waals surface area contributed by atoms with Crippen LogP contribution >= 0.6 is 0 Å². The second-order valence-corrected chi connectivity index (χ2v) is 46.9. The summed E-state index contributed by atoms with van der Waals surface area (Å²) >= 11 is 0. The lowest BCUT2D eigenvalue weighted by molar-refractivity contribution is 0.410. The van der Waals surface area contributed by atoms with Gasteiger partial charge in [0, 0.05) is 94.4 Å². The molecule has 0 saturated heterocycles. The molecule has 142 heavy (non-hydrogen) atoms. The fraction of sp³-hybridized carbons (Fsp3) is 0.255. The minimum absolute atomic E-state index is 0.357. The van der Waals surface area contributed by atoms with E-state index in [-0.39, 0.29) is 0 Å². The molecule has 19 aromatic rings. The Morgan fingerprint density at radius 3 is 0.711 bits per heavy atom. The first kappa shape index (κ1) is 80.6. The summed E-state index contributed by atoms with van der Waals surface area (Å²) in [5, 5.41) is 4.16. The highest BCUT2D eigenvalue weighted by Crippen LogP contribution is 2.57. The lowest BCUT2D eigenvalue weighted by Crippen LogP contribution is -2.61. The molecular formula is C137H137BN4. The molecule has 2 aliphatic heterocycles. The first-order valence-corrected chi connectivity index (χ1v) is 50.6. The van der Waals surface area contributed by atoms with Crippen molar-refractivity contribution < 1.29 is 16.4 Å². The number of hydrogen-bond donors (Lipinski definition) is 0. The van der Waals surface area contributed by atoms with Crippen LogP contribution in [0, 0.1) is 37.9 Å². The van der Waals surface area contributed by atoms with Crippen LogP contribution in [0.25, 0.3) is 144 Å². The molecule has 0 unspecified atom stereocenters. The van der Waals surface area contributed by atoms with Gasteiger partial charge in [-0.15, -0.1) is 0 Å². The normalized spacial score (nSPS) is 15.0. The summed E-state index contributed by atoms with van der Waals surface area (Å²) in [6.45, 7) is 40.7. The SMILES string of the molecule is [2H]C([2H])(c1cccc(-c2cc(C([2H])([2H])C(C)(C)C)cc(-c3cccc(C([2H])([2H])C(C)(C)C)c3)c2N2c3cc(-n4c5ccc(-c6ccccc6)cc5c5cc(-c6ccccc6)ccc54)ccc3B3c4ccc(-n5c6ccc(-c7ccccc7)cc6c6cc(-c7ccccc7)ccc65)cc4N(c4c(-c5cccc(C([2H])([2H])C(C)(C)C)c5)cc(C([2H])([2H])C(C)(C)C)cc4-c4cccc(C([2H])([2H])C(C)(C)C)c4)c4cc(CC(C)(C)C)cc2c43)c1)C(C)(C)C. The molecule has 0 radical (unpaired) electrons. The Labute approximate surface area is 862 Å². The summed E-state index contributed by atoms with van der Waals surface area (Å²) < 4.78 is 131. The van der Waals surface area contributed by atoms with Crippen molar-refractivity contribution in [3.63, 3.8) is 0 Å². The van der Waals surface area contributed by atoms with Crippen LogP contribution in [0.4, 0.5) is 34.1 Å². The van der Waals surface area contributed by atoms with E-state index in [0.717, 1.165) is 144 Å². The van der Waals surface area contributed by atoms with Crippen molar-refractivity contribution in [2.45, 2.75) is 190 Å². The molecule has 2 aromatic heterocycles. The van der Waals surface area contributed by atoms with Crippen molar-refractivity contribution >= 4 is 101 Å². The maximum atomic E-state index is 10.8. The van der Waals surface area contributed by atoms with Crippen LogP contribution in [0.15, 0.2) is 364 Å². The second-order valence-electron chi connectivity index (χ2n) is 46.9. The van der Waals surface area contributed by atoms with E-state index >= 15 is 0 Å². The number of fused-ring (bicyclic) bond motifs is 10. The van der Waals surface area contributed by atoms with Crippen LogP contribution in [-0.4, -0.2) is 15.8 Å². The fourth-order valence-electron chi connectivity index (χ4n) is 21.8. The summed E-state index contributed by atoms with van der Waals surface area (Å²) in [5.74, 6) is 0. The van der Waals surface area contributed by atoms with Gasteiger partial charge in [-0.1, -0.05) is 400 Å². The van der Waals surface area contributed by atoms with E-state index in [2.05, 4.69) is 282 Å². The van der Waals surface area contributed by atoms with Gasteiger partial charge in [-0.2, -0.15) is 0 Å². The first-order chi connectivity index (χ1) is 72.3. The lowest BCUT2D eigenvalue weighted by atomic mass is 9.33. The van der Waals surface area contributed by atoms with Gasteiger partial charge in [0.15, 0.2) is 0 Å². The van der Waals surface area contributed by atoms with Gasteiger partial charge in [0.25, 0.3) is 6.71 Å². The summed E-state index contributed by atoms with van der Waals surface area (Å²) in [5.41, 5.74) is 22.7. The Morgan fingerprint density at radius 2 is 0.458 bits per heavy atom. The standard InChI is InChI=1S/C137H137BN4/c1-131(2,3)82-89-38-34-50-104(66-89)110-70-93(86-135(13,14)15)71-111(105-51-35-39-90(67-105)83-132(4,5)6)129(110)141-124-80-108(139-120-62-54-100(96-42-26-22-27-43-96)76-114(120)115-77-101(55-63-121(115)139)97-44-28-23-29-45-97)58-60-118(124)138-119-61-59-109(140-122-64-56-102(98-46-30-24-31-47-98)78-116(122)117-79-103(57-65-123(117)140)99-48-32-25-33-49-99)81-125(119)142(127-75-95(88-137(19,20)21)74-126(141)128(127)138)130-112(106-52-36-40-91(68-106)84-133(7,8)9)72-94(87-136(16,17)18)73-113(130)107-53-37-41-92(69-107)85-134(10,11)12/h22-81H,82-88H2,1-21H3/i82D2,83D2,84D2,85D2,86D2,87D2. The summed E-state index contributed by atoms with van der Waals surface area (Å²) in [6.07, 6.45) is -11.5. The van der Waals surface area contributed by atoms with Gasteiger partial charge in [-0.3, -0.25) is 0 Å². The molecule has 0 atom stereocenters. The number of benzene rings is 17. The Morgan fingerprint density at radius 1 is 0.204 bits per heavy atom. The van der Waals surface area contributed by atoms with Crippen molar-refractivity contribution in [2.24, 2.45) is 37.9 Å². The molecule has 0 fully saturated rings. The number of hydrogen-bond acceptors (Lipinski definition) is 2. The number of rotatable bonds is 19. The molecule has 0 N–H and O–H groups in total. The predicted octanol–water partition coefficient (Wildman–Crippen LogP) is 36.4. The van der Waals surface area contributed by atoms with Crippen LogP contribution in [0.2, 0.25) is 0 Å². The lowest BCUT2D eigenvalue weighted by Gasteiger charge is -2.46. The summed E-state index contributed by atoms with van der Waals surface area (Å²) in [4.78, 5) is 4.88. The van der Waals surface area contributed by atoms with Crippen LogP contribution in [0.5, 0.6) is 0 Å². The van der Waals surface area contributed by atoms with Crippen molar-refractivity contribution in [2.75, 3.05) is 9.80 Å².